The van der Waals surface area contributed by atoms with Crippen LogP contribution in [0.5, 0.6) is 17.2 Å². The average Bonchev–Trinajstić information content (AvgIpc) is 3.60. The smallest absolute Gasteiger partial charge is 0.251 e. The molecule has 0 saturated heterocycles. The zero-order chi connectivity index (χ0) is 30.4. The van der Waals surface area contributed by atoms with Crippen molar-refractivity contribution in [2.75, 3.05) is 21.3 Å². The van der Waals surface area contributed by atoms with Gasteiger partial charge in [-0.15, -0.1) is 10.2 Å². The highest BCUT2D eigenvalue weighted by Gasteiger charge is 2.36. The number of ether oxygens (including phenoxy) is 3. The van der Waals surface area contributed by atoms with Crippen LogP contribution in [0.4, 0.5) is 0 Å². The Balaban J connectivity index is 1.68. The SMILES string of the molecule is COc1ccc(CN(C(=O)Cn2nnc(-c3ccc(OC)c(OC)c3)n2)C(C(=O)NC(C)(C)C)c2ccc(C)o2)cc1. The summed E-state index contributed by atoms with van der Waals surface area (Å²) >= 11 is 0. The van der Waals surface area contributed by atoms with Crippen LogP contribution in [0.1, 0.15) is 43.9 Å². The maximum atomic E-state index is 14.0. The Morgan fingerprint density at radius 1 is 0.976 bits per heavy atom. The van der Waals surface area contributed by atoms with Gasteiger partial charge in [-0.05, 0) is 80.9 Å². The standard InChI is InChI=1S/C30H36N6O6/c1-19-8-14-24(42-19)27(29(38)31-30(2,3)4)35(17-20-9-12-22(39-5)13-10-20)26(37)18-36-33-28(32-34-36)21-11-15-23(40-6)25(16-21)41-7/h8-16,27H,17-18H2,1-7H3,(H,31,38). The summed E-state index contributed by atoms with van der Waals surface area (Å²) in [5.41, 5.74) is 0.876. The number of tetrazole rings is 1. The molecule has 2 heterocycles. The topological polar surface area (TPSA) is 134 Å². The summed E-state index contributed by atoms with van der Waals surface area (Å²) in [7, 11) is 4.67. The fourth-order valence-corrected chi connectivity index (χ4v) is 4.33. The minimum absolute atomic E-state index is 0.113. The molecule has 0 aliphatic heterocycles. The Labute approximate surface area is 244 Å². The van der Waals surface area contributed by atoms with E-state index >= 15 is 0 Å². The van der Waals surface area contributed by atoms with E-state index in [0.29, 0.717) is 40.2 Å². The predicted octanol–water partition coefficient (Wildman–Crippen LogP) is 3.95. The van der Waals surface area contributed by atoms with Crippen molar-refractivity contribution in [2.45, 2.75) is 52.4 Å². The van der Waals surface area contributed by atoms with Crippen LogP contribution in [0.15, 0.2) is 59.0 Å². The fraction of sp³-hybridized carbons (Fsp3) is 0.367. The third kappa shape index (κ3) is 7.25. The van der Waals surface area contributed by atoms with Crippen molar-refractivity contribution in [3.63, 3.8) is 0 Å². The number of aromatic nitrogens is 4. The molecular formula is C30H36N6O6. The van der Waals surface area contributed by atoms with E-state index in [1.807, 2.05) is 32.9 Å². The zero-order valence-electron chi connectivity index (χ0n) is 24.9. The highest BCUT2D eigenvalue weighted by molar-refractivity contribution is 5.88. The Bertz CT molecular complexity index is 1520. The van der Waals surface area contributed by atoms with E-state index in [1.165, 1.54) is 16.8 Å². The second-order valence-electron chi connectivity index (χ2n) is 10.7. The number of carbonyl (C=O) groups excluding carboxylic acids is 2. The second-order valence-corrected chi connectivity index (χ2v) is 10.7. The normalized spacial score (nSPS) is 12.0. The van der Waals surface area contributed by atoms with Gasteiger partial charge < -0.3 is 28.8 Å². The third-order valence-electron chi connectivity index (χ3n) is 6.29. The van der Waals surface area contributed by atoms with Gasteiger partial charge in [0, 0.05) is 17.6 Å². The molecule has 1 atom stereocenters. The van der Waals surface area contributed by atoms with Crippen LogP contribution in [0, 0.1) is 6.92 Å². The predicted molar refractivity (Wildman–Crippen MR) is 154 cm³/mol. The lowest BCUT2D eigenvalue weighted by Crippen LogP contribution is -2.49. The Hall–Kier alpha value is -4.87. The van der Waals surface area contributed by atoms with Crippen LogP contribution in [-0.2, 0) is 22.7 Å². The van der Waals surface area contributed by atoms with Crippen molar-refractivity contribution in [1.29, 1.82) is 0 Å². The van der Waals surface area contributed by atoms with Crippen LogP contribution >= 0.6 is 0 Å². The molecule has 2 amide bonds. The largest absolute Gasteiger partial charge is 0.497 e. The molecule has 1 N–H and O–H groups in total. The molecular weight excluding hydrogens is 540 g/mol. The van der Waals surface area contributed by atoms with Crippen molar-refractivity contribution in [3.8, 4) is 28.6 Å². The second kappa shape index (κ2) is 12.8. The highest BCUT2D eigenvalue weighted by Crippen LogP contribution is 2.31. The minimum Gasteiger partial charge on any atom is -0.497 e. The Morgan fingerprint density at radius 3 is 2.29 bits per heavy atom. The maximum absolute atomic E-state index is 14.0. The first-order chi connectivity index (χ1) is 20.0. The lowest BCUT2D eigenvalue weighted by Gasteiger charge is -2.32. The van der Waals surface area contributed by atoms with Gasteiger partial charge in [-0.3, -0.25) is 9.59 Å². The van der Waals surface area contributed by atoms with Crippen LogP contribution in [0.25, 0.3) is 11.4 Å². The summed E-state index contributed by atoms with van der Waals surface area (Å²) in [6.07, 6.45) is 0. The molecule has 0 bridgehead atoms. The first-order valence-corrected chi connectivity index (χ1v) is 13.3. The Kier molecular flexibility index (Phi) is 9.14. The number of nitrogens with zero attached hydrogens (tertiary/aromatic N) is 5. The van der Waals surface area contributed by atoms with Crippen molar-refractivity contribution < 1.29 is 28.2 Å². The van der Waals surface area contributed by atoms with Crippen molar-refractivity contribution in [1.82, 2.24) is 30.4 Å². The number of aryl methyl sites for hydroxylation is 1. The van der Waals surface area contributed by atoms with Crippen LogP contribution < -0.4 is 19.5 Å². The number of hydrogen-bond acceptors (Lipinski definition) is 9. The van der Waals surface area contributed by atoms with Crippen molar-refractivity contribution in [3.05, 3.63) is 71.7 Å². The summed E-state index contributed by atoms with van der Waals surface area (Å²) in [6.45, 7) is 7.25. The van der Waals surface area contributed by atoms with Gasteiger partial charge >= 0.3 is 0 Å². The molecule has 0 fully saturated rings. The van der Waals surface area contributed by atoms with Gasteiger partial charge in [-0.25, -0.2) is 0 Å². The molecule has 2 aromatic carbocycles. The lowest BCUT2D eigenvalue weighted by molar-refractivity contribution is -0.143. The van der Waals surface area contributed by atoms with Gasteiger partial charge in [0.05, 0.1) is 21.3 Å². The first-order valence-electron chi connectivity index (χ1n) is 13.3. The summed E-state index contributed by atoms with van der Waals surface area (Å²) < 4.78 is 21.8. The molecule has 0 aliphatic rings. The summed E-state index contributed by atoms with van der Waals surface area (Å²) in [4.78, 5) is 30.3. The third-order valence-corrected chi connectivity index (χ3v) is 6.29. The number of amides is 2. The molecule has 4 aromatic rings. The number of hydrogen-bond donors (Lipinski definition) is 1. The number of nitrogens with one attached hydrogen (secondary N) is 1. The zero-order valence-corrected chi connectivity index (χ0v) is 24.9. The van der Waals surface area contributed by atoms with E-state index in [2.05, 4.69) is 20.7 Å². The molecule has 1 unspecified atom stereocenters. The van der Waals surface area contributed by atoms with Crippen LogP contribution in [0.2, 0.25) is 0 Å². The van der Waals surface area contributed by atoms with Crippen molar-refractivity contribution in [2.24, 2.45) is 0 Å². The number of rotatable bonds is 11. The minimum atomic E-state index is -1.05. The lowest BCUT2D eigenvalue weighted by atomic mass is 10.1. The van der Waals surface area contributed by atoms with Gasteiger partial charge in [0.2, 0.25) is 11.7 Å². The van der Waals surface area contributed by atoms with E-state index in [0.717, 1.165) is 5.56 Å². The van der Waals surface area contributed by atoms with Crippen LogP contribution in [0.3, 0.4) is 0 Å². The quantitative estimate of drug-likeness (QED) is 0.282. The van der Waals surface area contributed by atoms with Gasteiger partial charge in [-0.1, -0.05) is 12.1 Å². The maximum Gasteiger partial charge on any atom is 0.251 e. The van der Waals surface area contributed by atoms with E-state index in [-0.39, 0.29) is 19.0 Å². The molecule has 4 rings (SSSR count). The van der Waals surface area contributed by atoms with E-state index in [9.17, 15) is 9.59 Å². The molecule has 2 aromatic heterocycles. The van der Waals surface area contributed by atoms with E-state index in [4.69, 9.17) is 18.6 Å². The molecule has 42 heavy (non-hydrogen) atoms. The average molecular weight is 577 g/mol. The fourth-order valence-electron chi connectivity index (χ4n) is 4.33. The summed E-state index contributed by atoms with van der Waals surface area (Å²) in [6, 6.07) is 14.9. The van der Waals surface area contributed by atoms with Crippen LogP contribution in [-0.4, -0.2) is 63.8 Å². The monoisotopic (exact) mass is 576 g/mol. The number of benzene rings is 2. The highest BCUT2D eigenvalue weighted by atomic mass is 16.5. The van der Waals surface area contributed by atoms with E-state index < -0.39 is 17.5 Å². The number of methoxy groups -OCH3 is 3. The van der Waals surface area contributed by atoms with Gasteiger partial charge in [-0.2, -0.15) is 4.80 Å². The first kappa shape index (κ1) is 30.1. The van der Waals surface area contributed by atoms with Gasteiger partial charge in [0.15, 0.2) is 17.5 Å². The molecule has 12 nitrogen and oxygen atoms in total. The number of furan rings is 1. The molecule has 0 aliphatic carbocycles. The van der Waals surface area contributed by atoms with Gasteiger partial charge in [0.1, 0.15) is 23.8 Å². The van der Waals surface area contributed by atoms with E-state index in [1.54, 1.807) is 63.6 Å². The molecule has 12 heteroatoms. The molecule has 0 radical (unpaired) electrons. The molecule has 0 spiro atoms. The van der Waals surface area contributed by atoms with Crippen molar-refractivity contribution >= 4 is 11.8 Å². The summed E-state index contributed by atoms with van der Waals surface area (Å²) in [5, 5.41) is 15.6. The van der Waals surface area contributed by atoms with Gasteiger partial charge in [0.25, 0.3) is 5.91 Å². The number of carbonyl (C=O) groups is 2. The molecule has 222 valence electrons. The summed E-state index contributed by atoms with van der Waals surface area (Å²) in [5.74, 6) is 2.22. The Morgan fingerprint density at radius 2 is 1.69 bits per heavy atom. The molecule has 0 saturated carbocycles.